The summed E-state index contributed by atoms with van der Waals surface area (Å²) >= 11 is 0. The number of unbranched alkanes of at least 4 members (excludes halogenated alkanes) is 1. The topological polar surface area (TPSA) is 22.1 Å². The number of likely N-dealkylation sites (N-methyl/N-ethyl adjacent to an activating group) is 3. The molecule has 4 nitrogen and oxygen atoms in total. The molecule has 19 heavy (non-hydrogen) atoms. The lowest BCUT2D eigenvalue weighted by molar-refractivity contribution is 0.128. The molecule has 1 aliphatic rings. The molecule has 1 aliphatic heterocycles. The van der Waals surface area contributed by atoms with E-state index in [-0.39, 0.29) is 5.66 Å². The molecule has 0 saturated heterocycles. The van der Waals surface area contributed by atoms with Crippen molar-refractivity contribution >= 4 is 19.3 Å². The molecular weight excluding hydrogens is 255 g/mol. The average Bonchev–Trinajstić information content (AvgIpc) is 2.69. The maximum Gasteiger partial charge on any atom is 0.153 e. The summed E-state index contributed by atoms with van der Waals surface area (Å²) in [6.07, 6.45) is 3.43. The molecule has 1 heterocycles. The van der Waals surface area contributed by atoms with Crippen molar-refractivity contribution in [2.24, 2.45) is 4.99 Å². The molecule has 0 unspecified atom stereocenters. The van der Waals surface area contributed by atoms with Gasteiger partial charge in [0, 0.05) is 12.7 Å². The van der Waals surface area contributed by atoms with Crippen LogP contribution in [0, 0.1) is 0 Å². The van der Waals surface area contributed by atoms with Crippen molar-refractivity contribution in [1.82, 2.24) is 14.7 Å². The normalized spacial score (nSPS) is 21.8. The Hall–Kier alpha value is -0.280. The number of hydrogen-bond acceptors (Lipinski definition) is 4. The van der Waals surface area contributed by atoms with Gasteiger partial charge in [-0.2, -0.15) is 0 Å². The van der Waals surface area contributed by atoms with Gasteiger partial charge >= 0.3 is 0 Å². The molecule has 1 rings (SSSR count). The molecular formula is C14H29N4P. The van der Waals surface area contributed by atoms with Crippen molar-refractivity contribution in [3.63, 3.8) is 0 Å². The Morgan fingerprint density at radius 2 is 1.68 bits per heavy atom. The first-order chi connectivity index (χ1) is 8.88. The van der Waals surface area contributed by atoms with Gasteiger partial charge in [-0.05, 0) is 48.7 Å². The minimum atomic E-state index is -0.154. The molecule has 0 aromatic carbocycles. The van der Waals surface area contributed by atoms with Gasteiger partial charge in [0.05, 0.1) is 11.1 Å². The van der Waals surface area contributed by atoms with Crippen LogP contribution in [0.2, 0.25) is 0 Å². The monoisotopic (exact) mass is 284 g/mol. The predicted molar refractivity (Wildman–Crippen MR) is 87.8 cm³/mol. The molecule has 0 saturated carbocycles. The van der Waals surface area contributed by atoms with Gasteiger partial charge in [0.1, 0.15) is 0 Å². The molecule has 0 amide bonds. The maximum absolute atomic E-state index is 4.92. The Kier molecular flexibility index (Phi) is 6.13. The number of rotatable bonds is 6. The number of aliphatic imine (C=N–C) groups is 1. The van der Waals surface area contributed by atoms with E-state index < -0.39 is 0 Å². The van der Waals surface area contributed by atoms with Crippen LogP contribution in [0.15, 0.2) is 4.99 Å². The Morgan fingerprint density at radius 3 is 2.11 bits per heavy atom. The molecule has 110 valence electrons. The lowest BCUT2D eigenvalue weighted by atomic mass is 10.0. The third-order valence-corrected chi connectivity index (χ3v) is 5.09. The first-order valence-electron chi connectivity index (χ1n) is 6.99. The third kappa shape index (κ3) is 3.08. The molecule has 0 fully saturated rings. The van der Waals surface area contributed by atoms with E-state index in [2.05, 4.69) is 63.9 Å². The summed E-state index contributed by atoms with van der Waals surface area (Å²) < 4.78 is 0. The van der Waals surface area contributed by atoms with Crippen LogP contribution in [0.1, 0.15) is 19.8 Å². The SMILES string of the molecule is CCCCN=C1CP=C(N(C)C)C1(N(C)C)N(C)C. The first-order valence-corrected chi connectivity index (χ1v) is 8.07. The number of nitrogens with zero attached hydrogens (tertiary/aromatic N) is 4. The Morgan fingerprint density at radius 1 is 1.11 bits per heavy atom. The van der Waals surface area contributed by atoms with Gasteiger partial charge in [0.25, 0.3) is 0 Å². The molecule has 0 radical (unpaired) electrons. The summed E-state index contributed by atoms with van der Waals surface area (Å²) in [4.78, 5) is 11.8. The van der Waals surface area contributed by atoms with Crippen LogP contribution in [-0.4, -0.2) is 86.5 Å². The van der Waals surface area contributed by atoms with E-state index in [9.17, 15) is 0 Å². The second-order valence-corrected chi connectivity index (χ2v) is 6.73. The van der Waals surface area contributed by atoms with Crippen LogP contribution in [0.4, 0.5) is 0 Å². The van der Waals surface area contributed by atoms with E-state index in [1.807, 2.05) is 0 Å². The maximum atomic E-state index is 4.92. The van der Waals surface area contributed by atoms with Crippen LogP contribution in [0.5, 0.6) is 0 Å². The molecule has 0 bridgehead atoms. The van der Waals surface area contributed by atoms with Crippen molar-refractivity contribution in [2.75, 3.05) is 55.0 Å². The van der Waals surface area contributed by atoms with Crippen molar-refractivity contribution in [2.45, 2.75) is 25.4 Å². The highest BCUT2D eigenvalue weighted by Crippen LogP contribution is 2.33. The second kappa shape index (κ2) is 6.94. The van der Waals surface area contributed by atoms with Crippen LogP contribution in [0.25, 0.3) is 0 Å². The summed E-state index contributed by atoms with van der Waals surface area (Å²) in [5.41, 5.74) is 2.57. The summed E-state index contributed by atoms with van der Waals surface area (Å²) in [6, 6.07) is 0. The fraction of sp³-hybridized carbons (Fsp3) is 0.857. The van der Waals surface area contributed by atoms with Gasteiger partial charge in [-0.15, -0.1) is 0 Å². The van der Waals surface area contributed by atoms with Crippen molar-refractivity contribution in [3.8, 4) is 0 Å². The highest BCUT2D eigenvalue weighted by molar-refractivity contribution is 7.43. The third-order valence-electron chi connectivity index (χ3n) is 3.63. The van der Waals surface area contributed by atoms with E-state index in [0.717, 1.165) is 12.7 Å². The van der Waals surface area contributed by atoms with Gasteiger partial charge in [-0.3, -0.25) is 19.7 Å². The van der Waals surface area contributed by atoms with E-state index in [0.29, 0.717) is 0 Å². The van der Waals surface area contributed by atoms with E-state index in [1.54, 1.807) is 0 Å². The standard InChI is InChI=1S/C14H29N4P/c1-8-9-10-15-12-11-19-13(16(2)3)14(12,17(4)5)18(6)7/h8-11H2,1-7H3. The van der Waals surface area contributed by atoms with Crippen molar-refractivity contribution in [1.29, 1.82) is 0 Å². The molecule has 0 aliphatic carbocycles. The van der Waals surface area contributed by atoms with Crippen LogP contribution >= 0.6 is 8.20 Å². The smallest absolute Gasteiger partial charge is 0.153 e. The van der Waals surface area contributed by atoms with Crippen LogP contribution in [0.3, 0.4) is 0 Å². The number of hydrogen-bond donors (Lipinski definition) is 0. The van der Waals surface area contributed by atoms with Gasteiger partial charge in [-0.1, -0.05) is 21.5 Å². The largest absolute Gasteiger partial charge is 0.290 e. The average molecular weight is 284 g/mol. The summed E-state index contributed by atoms with van der Waals surface area (Å²) in [7, 11) is 14.3. The predicted octanol–water partition coefficient (Wildman–Crippen LogP) is 1.70. The zero-order valence-corrected chi connectivity index (χ0v) is 14.5. The van der Waals surface area contributed by atoms with Gasteiger partial charge in [0.15, 0.2) is 5.66 Å². The minimum Gasteiger partial charge on any atom is -0.290 e. The second-order valence-electron chi connectivity index (χ2n) is 5.68. The van der Waals surface area contributed by atoms with E-state index in [4.69, 9.17) is 4.99 Å². The first kappa shape index (κ1) is 16.8. The Bertz CT molecular complexity index is 350. The summed E-state index contributed by atoms with van der Waals surface area (Å²) in [6.45, 7) is 3.17. The van der Waals surface area contributed by atoms with Crippen molar-refractivity contribution < 1.29 is 0 Å². The van der Waals surface area contributed by atoms with Gasteiger partial charge in [0.2, 0.25) is 0 Å². The molecule has 0 N–H and O–H groups in total. The molecule has 5 heteroatoms. The zero-order valence-electron chi connectivity index (χ0n) is 13.6. The minimum absolute atomic E-state index is 0.154. The lowest BCUT2D eigenvalue weighted by Gasteiger charge is -2.45. The van der Waals surface area contributed by atoms with Crippen LogP contribution < -0.4 is 0 Å². The molecule has 0 aromatic heterocycles. The van der Waals surface area contributed by atoms with E-state index in [1.165, 1.54) is 32.2 Å². The van der Waals surface area contributed by atoms with Crippen molar-refractivity contribution in [3.05, 3.63) is 0 Å². The Labute approximate surface area is 120 Å². The molecule has 0 aromatic rings. The summed E-state index contributed by atoms with van der Waals surface area (Å²) in [5.74, 6) is 0. The van der Waals surface area contributed by atoms with Crippen LogP contribution in [-0.2, 0) is 0 Å². The fourth-order valence-corrected chi connectivity index (χ4v) is 4.45. The fourth-order valence-electron chi connectivity index (χ4n) is 2.80. The molecule has 0 spiro atoms. The zero-order chi connectivity index (χ0) is 14.6. The van der Waals surface area contributed by atoms with E-state index >= 15 is 0 Å². The lowest BCUT2D eigenvalue weighted by Crippen LogP contribution is -2.66. The quantitative estimate of drug-likeness (QED) is 0.421. The molecule has 0 atom stereocenters. The summed E-state index contributed by atoms with van der Waals surface area (Å²) in [5, 5.41) is 0. The van der Waals surface area contributed by atoms with Gasteiger partial charge in [-0.25, -0.2) is 0 Å². The highest BCUT2D eigenvalue weighted by Gasteiger charge is 2.48. The highest BCUT2D eigenvalue weighted by atomic mass is 31.1. The van der Waals surface area contributed by atoms with Gasteiger partial charge < -0.3 is 0 Å². The Balaban J connectivity index is 3.18.